The van der Waals surface area contributed by atoms with Crippen LogP contribution in [0.5, 0.6) is 0 Å². The Kier molecular flexibility index (Phi) is 2.40. The Morgan fingerprint density at radius 2 is 2.38 bits per heavy atom. The maximum Gasteiger partial charge on any atom is 0.192 e. The number of aryl methyl sites for hydroxylation is 1. The average Bonchev–Trinajstić information content (AvgIpc) is 2.03. The molecule has 0 aliphatic heterocycles. The number of nitrogen functional groups attached to an aromatic ring is 1. The predicted molar refractivity (Wildman–Crippen MR) is 51.5 cm³/mol. The van der Waals surface area contributed by atoms with Crippen molar-refractivity contribution in [3.63, 3.8) is 0 Å². The third-order valence-corrected chi connectivity index (χ3v) is 2.92. The highest BCUT2D eigenvalue weighted by molar-refractivity contribution is 7.96. The van der Waals surface area contributed by atoms with Crippen LogP contribution in [0.15, 0.2) is 23.7 Å². The van der Waals surface area contributed by atoms with Crippen LogP contribution in [0.4, 0.5) is 9.70 Å². The molecule has 0 saturated carbocycles. The van der Waals surface area contributed by atoms with E-state index in [4.69, 9.17) is 5.73 Å². The first-order valence-corrected chi connectivity index (χ1v) is 4.93. The zero-order valence-electron chi connectivity index (χ0n) is 7.08. The third kappa shape index (κ3) is 1.88. The molecule has 0 amide bonds. The molecule has 1 rings (SSSR count). The van der Waals surface area contributed by atoms with E-state index in [0.29, 0.717) is 5.56 Å². The van der Waals surface area contributed by atoms with E-state index in [1.165, 1.54) is 6.07 Å². The number of pyridine rings is 1. The highest BCUT2D eigenvalue weighted by Gasteiger charge is 2.11. The van der Waals surface area contributed by atoms with Crippen molar-refractivity contribution < 1.29 is 8.09 Å². The fourth-order valence-electron chi connectivity index (χ4n) is 0.918. The van der Waals surface area contributed by atoms with Crippen molar-refractivity contribution in [2.45, 2.75) is 11.8 Å². The van der Waals surface area contributed by atoms with Crippen molar-refractivity contribution in [3.8, 4) is 0 Å². The molecule has 1 aromatic rings. The average molecular weight is 200 g/mol. The van der Waals surface area contributed by atoms with Crippen molar-refractivity contribution in [2.24, 2.45) is 0 Å². The van der Waals surface area contributed by atoms with Crippen LogP contribution in [-0.4, -0.2) is 14.2 Å². The molecule has 3 nitrogen and oxygen atoms in total. The summed E-state index contributed by atoms with van der Waals surface area (Å²) in [5.41, 5.74) is 5.83. The predicted octanol–water partition coefficient (Wildman–Crippen LogP) is 1.09. The van der Waals surface area contributed by atoms with E-state index in [1.54, 1.807) is 6.92 Å². The van der Waals surface area contributed by atoms with Crippen LogP contribution in [0, 0.1) is 6.92 Å². The second-order valence-corrected chi connectivity index (χ2v) is 4.21. The number of hydrogen-bond donors (Lipinski definition) is 1. The summed E-state index contributed by atoms with van der Waals surface area (Å²) in [5.74, 6) is 0.264. The standard InChI is InChI=1S/C8H9FN2OS/c1-3-13(9,12)7-5-11-8(10)4-6(7)2/h4-5H,1H2,2H3,(H2,10,11). The first kappa shape index (κ1) is 9.77. The van der Waals surface area contributed by atoms with Crippen LogP contribution in [-0.2, 0) is 9.91 Å². The van der Waals surface area contributed by atoms with Crippen LogP contribution in [0.3, 0.4) is 0 Å². The molecule has 0 aromatic carbocycles. The summed E-state index contributed by atoms with van der Waals surface area (Å²) < 4.78 is 24.4. The summed E-state index contributed by atoms with van der Waals surface area (Å²) in [7, 11) is -3.77. The first-order chi connectivity index (χ1) is 5.97. The highest BCUT2D eigenvalue weighted by Crippen LogP contribution is 2.17. The summed E-state index contributed by atoms with van der Waals surface area (Å²) in [5, 5.41) is 1.85. The van der Waals surface area contributed by atoms with Gasteiger partial charge in [-0.15, -0.1) is 3.89 Å². The van der Waals surface area contributed by atoms with Gasteiger partial charge in [0, 0.05) is 6.20 Å². The lowest BCUT2D eigenvalue weighted by atomic mass is 10.3. The van der Waals surface area contributed by atoms with Crippen LogP contribution in [0.2, 0.25) is 0 Å². The van der Waals surface area contributed by atoms with Gasteiger partial charge in [-0.25, -0.2) is 9.19 Å². The van der Waals surface area contributed by atoms with Crippen LogP contribution in [0.25, 0.3) is 0 Å². The molecule has 0 spiro atoms. The van der Waals surface area contributed by atoms with Gasteiger partial charge in [-0.05, 0) is 30.2 Å². The zero-order chi connectivity index (χ0) is 10.1. The molecule has 5 heteroatoms. The SMILES string of the molecule is C=C=S(=O)(F)c1cnc(N)cc1C. The van der Waals surface area contributed by atoms with E-state index in [0.717, 1.165) is 6.20 Å². The topological polar surface area (TPSA) is 56.0 Å². The van der Waals surface area contributed by atoms with E-state index in [-0.39, 0.29) is 10.7 Å². The number of hydrogen-bond acceptors (Lipinski definition) is 3. The van der Waals surface area contributed by atoms with Crippen molar-refractivity contribution in [3.05, 3.63) is 24.4 Å². The molecule has 0 saturated heterocycles. The number of anilines is 1. The minimum absolute atomic E-state index is 0.0169. The maximum absolute atomic E-state index is 13.2. The Balaban J connectivity index is 3.51. The number of aromatic nitrogens is 1. The summed E-state index contributed by atoms with van der Waals surface area (Å²) in [4.78, 5) is 3.63. The van der Waals surface area contributed by atoms with E-state index in [2.05, 4.69) is 11.6 Å². The molecule has 13 heavy (non-hydrogen) atoms. The summed E-state index contributed by atoms with van der Waals surface area (Å²) >= 11 is 0. The minimum atomic E-state index is -3.77. The molecule has 0 bridgehead atoms. The second kappa shape index (κ2) is 3.20. The number of rotatable bonds is 1. The normalized spacial score (nSPS) is 14.6. The molecule has 0 fully saturated rings. The zero-order valence-corrected chi connectivity index (χ0v) is 7.90. The Labute approximate surface area is 76.4 Å². The van der Waals surface area contributed by atoms with Gasteiger partial charge in [-0.1, -0.05) is 0 Å². The molecular weight excluding hydrogens is 191 g/mol. The Morgan fingerprint density at radius 3 is 2.85 bits per heavy atom. The molecule has 1 heterocycles. The van der Waals surface area contributed by atoms with Crippen molar-refractivity contribution in [1.29, 1.82) is 0 Å². The van der Waals surface area contributed by atoms with Gasteiger partial charge in [0.2, 0.25) is 0 Å². The van der Waals surface area contributed by atoms with E-state index < -0.39 is 9.91 Å². The van der Waals surface area contributed by atoms with Crippen molar-refractivity contribution in [2.75, 3.05) is 5.73 Å². The minimum Gasteiger partial charge on any atom is -0.384 e. The van der Waals surface area contributed by atoms with Crippen LogP contribution < -0.4 is 5.73 Å². The highest BCUT2D eigenvalue weighted by atomic mass is 32.2. The quantitative estimate of drug-likeness (QED) is 0.545. The van der Waals surface area contributed by atoms with Gasteiger partial charge in [0.15, 0.2) is 9.91 Å². The van der Waals surface area contributed by atoms with Crippen molar-refractivity contribution in [1.82, 2.24) is 4.98 Å². The van der Waals surface area contributed by atoms with Gasteiger partial charge >= 0.3 is 0 Å². The molecular formula is C8H9FN2OS. The Hall–Kier alpha value is -1.32. The smallest absolute Gasteiger partial charge is 0.192 e. The van der Waals surface area contributed by atoms with E-state index >= 15 is 0 Å². The van der Waals surface area contributed by atoms with Crippen molar-refractivity contribution >= 4 is 20.7 Å². The summed E-state index contributed by atoms with van der Waals surface area (Å²) in [6.45, 7) is 4.64. The summed E-state index contributed by atoms with van der Waals surface area (Å²) in [6.07, 6.45) is 1.14. The number of halogens is 1. The lowest BCUT2D eigenvalue weighted by Crippen LogP contribution is -2.00. The van der Waals surface area contributed by atoms with Gasteiger partial charge < -0.3 is 5.73 Å². The Morgan fingerprint density at radius 1 is 1.77 bits per heavy atom. The molecule has 1 aromatic heterocycles. The van der Waals surface area contributed by atoms with E-state index in [9.17, 15) is 8.09 Å². The lowest BCUT2D eigenvalue weighted by molar-refractivity contribution is 0.644. The summed E-state index contributed by atoms with van der Waals surface area (Å²) in [6, 6.07) is 1.45. The fraction of sp³-hybridized carbons (Fsp3) is 0.125. The molecule has 0 radical (unpaired) electrons. The van der Waals surface area contributed by atoms with Crippen LogP contribution >= 0.6 is 0 Å². The molecule has 70 valence electrons. The molecule has 1 unspecified atom stereocenters. The Bertz CT molecular complexity index is 471. The monoisotopic (exact) mass is 200 g/mol. The number of nitrogens with two attached hydrogens (primary N) is 1. The molecule has 2 N–H and O–H groups in total. The van der Waals surface area contributed by atoms with Crippen LogP contribution in [0.1, 0.15) is 5.56 Å². The molecule has 1 atom stereocenters. The molecule has 0 aliphatic rings. The van der Waals surface area contributed by atoms with Gasteiger partial charge in [-0.2, -0.15) is 0 Å². The second-order valence-electron chi connectivity index (χ2n) is 2.51. The fourth-order valence-corrected chi connectivity index (χ4v) is 1.73. The van der Waals surface area contributed by atoms with Gasteiger partial charge in [0.1, 0.15) is 5.82 Å². The third-order valence-electron chi connectivity index (χ3n) is 1.55. The van der Waals surface area contributed by atoms with Gasteiger partial charge in [0.05, 0.1) is 4.90 Å². The first-order valence-electron chi connectivity index (χ1n) is 3.47. The number of nitrogens with zero attached hydrogens (tertiary/aromatic N) is 1. The lowest BCUT2D eigenvalue weighted by Gasteiger charge is -2.02. The molecule has 0 aliphatic carbocycles. The van der Waals surface area contributed by atoms with Gasteiger partial charge in [0.25, 0.3) is 0 Å². The largest absolute Gasteiger partial charge is 0.384 e. The van der Waals surface area contributed by atoms with E-state index in [1.807, 2.05) is 5.02 Å². The maximum atomic E-state index is 13.2. The van der Waals surface area contributed by atoms with Gasteiger partial charge in [-0.3, -0.25) is 0 Å².